The topological polar surface area (TPSA) is 58.4 Å². The number of furan rings is 1. The van der Waals surface area contributed by atoms with E-state index in [1.807, 2.05) is 24.3 Å². The predicted molar refractivity (Wildman–Crippen MR) is 126 cm³/mol. The van der Waals surface area contributed by atoms with Crippen LogP contribution in [0.3, 0.4) is 0 Å². The highest BCUT2D eigenvalue weighted by molar-refractivity contribution is 7.20. The molecule has 3 aromatic heterocycles. The monoisotopic (exact) mass is 433 g/mol. The highest BCUT2D eigenvalue weighted by Crippen LogP contribution is 2.28. The predicted octanol–water partition coefficient (Wildman–Crippen LogP) is 5.53. The molecular formula is C25H27N3O2S. The molecule has 0 saturated heterocycles. The van der Waals surface area contributed by atoms with Crippen molar-refractivity contribution in [2.45, 2.75) is 45.2 Å². The van der Waals surface area contributed by atoms with E-state index in [-0.39, 0.29) is 5.91 Å². The van der Waals surface area contributed by atoms with E-state index >= 15 is 0 Å². The summed E-state index contributed by atoms with van der Waals surface area (Å²) >= 11 is 1.46. The third kappa shape index (κ3) is 4.50. The molecule has 1 aromatic carbocycles. The quantitative estimate of drug-likeness (QED) is 0.417. The van der Waals surface area contributed by atoms with Crippen LogP contribution in [-0.4, -0.2) is 34.9 Å². The summed E-state index contributed by atoms with van der Waals surface area (Å²) in [6.45, 7) is 4.32. The van der Waals surface area contributed by atoms with E-state index in [9.17, 15) is 4.79 Å². The average molecular weight is 434 g/mol. The summed E-state index contributed by atoms with van der Waals surface area (Å²) in [5, 5.41) is 5.26. The van der Waals surface area contributed by atoms with Crippen LogP contribution >= 0.6 is 11.3 Å². The number of amides is 1. The SMILES string of the molecule is Cc1ccc2nc3sc(C(=O)NCCN(Cc4ccco4)C4CCCC4)cc3cc2c1. The molecule has 31 heavy (non-hydrogen) atoms. The first-order chi connectivity index (χ1) is 15.2. The maximum absolute atomic E-state index is 12.8. The van der Waals surface area contributed by atoms with Crippen LogP contribution in [0.1, 0.15) is 46.7 Å². The molecular weight excluding hydrogens is 406 g/mol. The molecule has 0 radical (unpaired) electrons. The zero-order chi connectivity index (χ0) is 21.2. The van der Waals surface area contributed by atoms with Gasteiger partial charge in [0.1, 0.15) is 10.6 Å². The summed E-state index contributed by atoms with van der Waals surface area (Å²) in [6, 6.07) is 14.9. The normalized spacial score (nSPS) is 14.8. The number of hydrogen-bond acceptors (Lipinski definition) is 5. The van der Waals surface area contributed by atoms with Crippen molar-refractivity contribution in [1.82, 2.24) is 15.2 Å². The van der Waals surface area contributed by atoms with Crippen LogP contribution in [0.25, 0.3) is 21.1 Å². The van der Waals surface area contributed by atoms with E-state index in [0.717, 1.165) is 40.0 Å². The lowest BCUT2D eigenvalue weighted by molar-refractivity contribution is 0.0945. The molecule has 1 amide bonds. The smallest absolute Gasteiger partial charge is 0.261 e. The summed E-state index contributed by atoms with van der Waals surface area (Å²) in [5.74, 6) is 0.962. The number of nitrogens with one attached hydrogen (secondary N) is 1. The van der Waals surface area contributed by atoms with Crippen molar-refractivity contribution in [2.24, 2.45) is 0 Å². The van der Waals surface area contributed by atoms with Gasteiger partial charge in [-0.05, 0) is 56.2 Å². The number of thiophene rings is 1. The van der Waals surface area contributed by atoms with Crippen LogP contribution in [0.15, 0.2) is 53.1 Å². The third-order valence-electron chi connectivity index (χ3n) is 6.14. The first-order valence-electron chi connectivity index (χ1n) is 11.0. The summed E-state index contributed by atoms with van der Waals surface area (Å²) in [4.78, 5) is 21.6. The van der Waals surface area contributed by atoms with Gasteiger partial charge in [0.05, 0.1) is 23.2 Å². The van der Waals surface area contributed by atoms with E-state index < -0.39 is 0 Å². The van der Waals surface area contributed by atoms with Gasteiger partial charge in [0.15, 0.2) is 0 Å². The fourth-order valence-corrected chi connectivity index (χ4v) is 5.47. The van der Waals surface area contributed by atoms with Crippen molar-refractivity contribution in [3.05, 3.63) is 64.9 Å². The Morgan fingerprint density at radius 2 is 2.06 bits per heavy atom. The van der Waals surface area contributed by atoms with Crippen LogP contribution in [0, 0.1) is 6.92 Å². The van der Waals surface area contributed by atoms with Gasteiger partial charge in [-0.2, -0.15) is 0 Å². The molecule has 0 aliphatic heterocycles. The van der Waals surface area contributed by atoms with Gasteiger partial charge in [0.2, 0.25) is 0 Å². The Balaban J connectivity index is 1.25. The molecule has 4 aromatic rings. The van der Waals surface area contributed by atoms with Crippen molar-refractivity contribution in [1.29, 1.82) is 0 Å². The number of hydrogen-bond donors (Lipinski definition) is 1. The first kappa shape index (κ1) is 20.2. The fraction of sp³-hybridized carbons (Fsp3) is 0.360. The number of nitrogens with zero attached hydrogens (tertiary/aromatic N) is 2. The molecule has 1 saturated carbocycles. The maximum atomic E-state index is 12.8. The average Bonchev–Trinajstić information content (AvgIpc) is 3.52. The number of benzene rings is 1. The lowest BCUT2D eigenvalue weighted by Gasteiger charge is -2.28. The summed E-state index contributed by atoms with van der Waals surface area (Å²) in [5.41, 5.74) is 2.18. The largest absolute Gasteiger partial charge is 0.468 e. The van der Waals surface area contributed by atoms with Crippen molar-refractivity contribution in [2.75, 3.05) is 13.1 Å². The molecule has 160 valence electrons. The van der Waals surface area contributed by atoms with Crippen molar-refractivity contribution in [3.63, 3.8) is 0 Å². The minimum Gasteiger partial charge on any atom is -0.468 e. The van der Waals surface area contributed by atoms with Gasteiger partial charge in [-0.1, -0.05) is 24.5 Å². The van der Waals surface area contributed by atoms with Crippen molar-refractivity contribution < 1.29 is 9.21 Å². The number of aromatic nitrogens is 1. The summed E-state index contributed by atoms with van der Waals surface area (Å²) in [7, 11) is 0. The summed E-state index contributed by atoms with van der Waals surface area (Å²) < 4.78 is 5.56. The Hall–Kier alpha value is -2.70. The molecule has 0 bridgehead atoms. The van der Waals surface area contributed by atoms with E-state index in [1.54, 1.807) is 6.26 Å². The van der Waals surface area contributed by atoms with Gasteiger partial charge in [0.25, 0.3) is 5.91 Å². The number of fused-ring (bicyclic) bond motifs is 2. The number of carbonyl (C=O) groups excluding carboxylic acids is 1. The highest BCUT2D eigenvalue weighted by atomic mass is 32.1. The highest BCUT2D eigenvalue weighted by Gasteiger charge is 2.23. The standard InChI is InChI=1S/C25H27N3O2S/c1-17-8-9-22-18(13-17)14-19-15-23(31-25(19)27-22)24(29)26-10-11-28(20-5-2-3-6-20)16-21-7-4-12-30-21/h4,7-9,12-15,20H,2-3,5-6,10-11,16H2,1H3,(H,26,29). The Morgan fingerprint density at radius 3 is 2.87 bits per heavy atom. The van der Waals surface area contributed by atoms with Crippen LogP contribution in [0.2, 0.25) is 0 Å². The van der Waals surface area contributed by atoms with E-state index in [4.69, 9.17) is 9.40 Å². The van der Waals surface area contributed by atoms with Gasteiger partial charge in [0, 0.05) is 29.9 Å². The van der Waals surface area contributed by atoms with Crippen LogP contribution in [-0.2, 0) is 6.54 Å². The first-order valence-corrected chi connectivity index (χ1v) is 11.8. The Kier molecular flexibility index (Phi) is 5.74. The molecule has 0 atom stereocenters. The van der Waals surface area contributed by atoms with Gasteiger partial charge < -0.3 is 9.73 Å². The molecule has 1 aliphatic rings. The Morgan fingerprint density at radius 1 is 1.19 bits per heavy atom. The molecule has 1 fully saturated rings. The minimum atomic E-state index is -0.0207. The molecule has 3 heterocycles. The molecule has 5 rings (SSSR count). The molecule has 0 spiro atoms. The van der Waals surface area contributed by atoms with Crippen LogP contribution in [0.4, 0.5) is 0 Å². The van der Waals surface area contributed by atoms with Crippen LogP contribution in [0.5, 0.6) is 0 Å². The van der Waals surface area contributed by atoms with Crippen LogP contribution < -0.4 is 5.32 Å². The molecule has 1 N–H and O–H groups in total. The van der Waals surface area contributed by atoms with Gasteiger partial charge in [-0.25, -0.2) is 4.98 Å². The van der Waals surface area contributed by atoms with E-state index in [1.165, 1.54) is 42.6 Å². The van der Waals surface area contributed by atoms with Crippen molar-refractivity contribution in [3.8, 4) is 0 Å². The number of pyridine rings is 1. The second-order valence-electron chi connectivity index (χ2n) is 8.43. The fourth-order valence-electron chi connectivity index (χ4n) is 4.53. The second-order valence-corrected chi connectivity index (χ2v) is 9.46. The number of carbonyl (C=O) groups is 1. The Labute approximate surface area is 186 Å². The zero-order valence-electron chi connectivity index (χ0n) is 17.8. The van der Waals surface area contributed by atoms with Gasteiger partial charge >= 0.3 is 0 Å². The van der Waals surface area contributed by atoms with Gasteiger partial charge in [-0.3, -0.25) is 9.69 Å². The lowest BCUT2D eigenvalue weighted by atomic mass is 10.1. The second kappa shape index (κ2) is 8.81. The van der Waals surface area contributed by atoms with E-state index in [0.29, 0.717) is 17.5 Å². The molecule has 0 unspecified atom stereocenters. The number of aryl methyl sites for hydroxylation is 1. The van der Waals surface area contributed by atoms with E-state index in [2.05, 4.69) is 35.3 Å². The third-order valence-corrected chi connectivity index (χ3v) is 7.19. The molecule has 6 heteroatoms. The number of rotatable bonds is 7. The zero-order valence-corrected chi connectivity index (χ0v) is 18.6. The summed E-state index contributed by atoms with van der Waals surface area (Å²) in [6.07, 6.45) is 6.75. The molecule has 1 aliphatic carbocycles. The maximum Gasteiger partial charge on any atom is 0.261 e. The van der Waals surface area contributed by atoms with Crippen molar-refractivity contribution >= 4 is 38.4 Å². The molecule has 5 nitrogen and oxygen atoms in total. The Bertz CT molecular complexity index is 1190. The lowest BCUT2D eigenvalue weighted by Crippen LogP contribution is -2.39. The van der Waals surface area contributed by atoms with Gasteiger partial charge in [-0.15, -0.1) is 11.3 Å². The minimum absolute atomic E-state index is 0.0207.